The van der Waals surface area contributed by atoms with Gasteiger partial charge in [-0.15, -0.1) is 12.4 Å². The minimum absolute atomic E-state index is 0. The number of nitrogens with one attached hydrogen (secondary N) is 1. The number of carbonyl (C=O) groups is 1. The van der Waals surface area contributed by atoms with Crippen molar-refractivity contribution in [1.82, 2.24) is 5.32 Å². The topological polar surface area (TPSA) is 73.6 Å². The zero-order valence-electron chi connectivity index (χ0n) is 10.6. The second-order valence-corrected chi connectivity index (χ2v) is 4.57. The molecule has 7 heteroatoms. The van der Waals surface area contributed by atoms with Crippen LogP contribution < -0.4 is 15.8 Å². The van der Waals surface area contributed by atoms with E-state index in [1.807, 2.05) is 24.3 Å². The summed E-state index contributed by atoms with van der Waals surface area (Å²) < 4.78 is 11.2. The normalized spacial score (nSPS) is 11.3. The average Bonchev–Trinajstić information content (AvgIpc) is 2.36. The molecule has 3 N–H and O–H groups in total. The smallest absolute Gasteiger partial charge is 0.239 e. The lowest BCUT2D eigenvalue weighted by atomic mass is 10.3. The SMILES string of the molecule is COCC(N)C(=O)NCCOc1ccc(Br)cc1.Cl. The van der Waals surface area contributed by atoms with Crippen LogP contribution in [0.2, 0.25) is 0 Å². The Labute approximate surface area is 127 Å². The van der Waals surface area contributed by atoms with Gasteiger partial charge in [-0.05, 0) is 24.3 Å². The molecular weight excluding hydrogens is 336 g/mol. The standard InChI is InChI=1S/C12H17BrN2O3.ClH/c1-17-8-11(14)12(16)15-6-7-18-10-4-2-9(13)3-5-10;/h2-5,11H,6-8,14H2,1H3,(H,15,16);1H. The quantitative estimate of drug-likeness (QED) is 0.726. The van der Waals surface area contributed by atoms with Gasteiger partial charge in [-0.3, -0.25) is 4.79 Å². The van der Waals surface area contributed by atoms with E-state index >= 15 is 0 Å². The van der Waals surface area contributed by atoms with Gasteiger partial charge in [-0.2, -0.15) is 0 Å². The van der Waals surface area contributed by atoms with Gasteiger partial charge in [0, 0.05) is 11.6 Å². The molecule has 0 aromatic heterocycles. The second kappa shape index (κ2) is 10.0. The first kappa shape index (κ1) is 18.2. The highest BCUT2D eigenvalue weighted by molar-refractivity contribution is 9.10. The first-order valence-corrected chi connectivity index (χ1v) is 6.33. The Hall–Kier alpha value is -0.820. The molecule has 1 amide bonds. The van der Waals surface area contributed by atoms with E-state index < -0.39 is 6.04 Å². The van der Waals surface area contributed by atoms with Crippen LogP contribution in [0.5, 0.6) is 5.75 Å². The molecule has 0 saturated carbocycles. The van der Waals surface area contributed by atoms with Crippen molar-refractivity contribution in [1.29, 1.82) is 0 Å². The number of hydrogen-bond donors (Lipinski definition) is 2. The molecule has 1 rings (SSSR count). The maximum atomic E-state index is 11.4. The first-order valence-electron chi connectivity index (χ1n) is 5.54. The summed E-state index contributed by atoms with van der Waals surface area (Å²) in [6.07, 6.45) is 0. The molecule has 5 nitrogen and oxygen atoms in total. The molecule has 1 atom stereocenters. The van der Waals surface area contributed by atoms with Gasteiger partial charge in [0.05, 0.1) is 13.2 Å². The molecule has 0 heterocycles. The summed E-state index contributed by atoms with van der Waals surface area (Å²) in [5.41, 5.74) is 5.55. The van der Waals surface area contributed by atoms with E-state index in [-0.39, 0.29) is 24.9 Å². The highest BCUT2D eigenvalue weighted by atomic mass is 79.9. The van der Waals surface area contributed by atoms with Crippen molar-refractivity contribution in [2.24, 2.45) is 5.73 Å². The zero-order chi connectivity index (χ0) is 13.4. The minimum Gasteiger partial charge on any atom is -0.492 e. The average molecular weight is 354 g/mol. The van der Waals surface area contributed by atoms with Crippen molar-refractivity contribution < 1.29 is 14.3 Å². The van der Waals surface area contributed by atoms with Gasteiger partial charge in [-0.25, -0.2) is 0 Å². The van der Waals surface area contributed by atoms with Crippen LogP contribution in [0.3, 0.4) is 0 Å². The van der Waals surface area contributed by atoms with Gasteiger partial charge in [0.1, 0.15) is 18.4 Å². The number of ether oxygens (including phenoxy) is 2. The van der Waals surface area contributed by atoms with E-state index in [9.17, 15) is 4.79 Å². The third kappa shape index (κ3) is 7.37. The van der Waals surface area contributed by atoms with Gasteiger partial charge in [-0.1, -0.05) is 15.9 Å². The maximum absolute atomic E-state index is 11.4. The Morgan fingerprint density at radius 3 is 2.63 bits per heavy atom. The lowest BCUT2D eigenvalue weighted by molar-refractivity contribution is -0.123. The number of nitrogens with two attached hydrogens (primary N) is 1. The fourth-order valence-electron chi connectivity index (χ4n) is 1.26. The maximum Gasteiger partial charge on any atom is 0.239 e. The van der Waals surface area contributed by atoms with E-state index in [0.717, 1.165) is 10.2 Å². The monoisotopic (exact) mass is 352 g/mol. The molecule has 0 aliphatic heterocycles. The molecule has 0 radical (unpaired) electrons. The van der Waals surface area contributed by atoms with Crippen LogP contribution >= 0.6 is 28.3 Å². The Morgan fingerprint density at radius 2 is 2.05 bits per heavy atom. The van der Waals surface area contributed by atoms with Crippen molar-refractivity contribution in [2.75, 3.05) is 26.9 Å². The lowest BCUT2D eigenvalue weighted by Gasteiger charge is -2.11. The van der Waals surface area contributed by atoms with Gasteiger partial charge in [0.15, 0.2) is 0 Å². The highest BCUT2D eigenvalue weighted by Crippen LogP contribution is 2.15. The van der Waals surface area contributed by atoms with E-state index in [1.165, 1.54) is 7.11 Å². The van der Waals surface area contributed by atoms with E-state index in [2.05, 4.69) is 21.2 Å². The van der Waals surface area contributed by atoms with Gasteiger partial charge < -0.3 is 20.5 Å². The largest absolute Gasteiger partial charge is 0.492 e. The number of amides is 1. The molecule has 1 unspecified atom stereocenters. The van der Waals surface area contributed by atoms with Crippen LogP contribution in [0.15, 0.2) is 28.7 Å². The number of rotatable bonds is 7. The number of methoxy groups -OCH3 is 1. The fraction of sp³-hybridized carbons (Fsp3) is 0.417. The summed E-state index contributed by atoms with van der Waals surface area (Å²) in [4.78, 5) is 11.4. The molecule has 1 aromatic rings. The highest BCUT2D eigenvalue weighted by Gasteiger charge is 2.11. The fourth-order valence-corrected chi connectivity index (χ4v) is 1.52. The van der Waals surface area contributed by atoms with Gasteiger partial charge in [0.2, 0.25) is 5.91 Å². The van der Waals surface area contributed by atoms with E-state index in [1.54, 1.807) is 0 Å². The van der Waals surface area contributed by atoms with Crippen LogP contribution in [0.1, 0.15) is 0 Å². The van der Waals surface area contributed by atoms with Crippen LogP contribution in [-0.4, -0.2) is 38.8 Å². The van der Waals surface area contributed by atoms with Crippen molar-refractivity contribution in [3.05, 3.63) is 28.7 Å². The number of hydrogen-bond acceptors (Lipinski definition) is 4. The summed E-state index contributed by atoms with van der Waals surface area (Å²) in [6.45, 7) is 1.01. The summed E-state index contributed by atoms with van der Waals surface area (Å²) >= 11 is 3.34. The Bertz CT molecular complexity index is 376. The number of carbonyl (C=O) groups excluding carboxylic acids is 1. The summed E-state index contributed by atoms with van der Waals surface area (Å²) in [5, 5.41) is 2.67. The molecule has 0 aliphatic carbocycles. The van der Waals surface area contributed by atoms with E-state index in [0.29, 0.717) is 13.2 Å². The molecule has 0 aliphatic rings. The second-order valence-electron chi connectivity index (χ2n) is 3.66. The molecule has 0 bridgehead atoms. The van der Waals surface area contributed by atoms with Crippen molar-refractivity contribution >= 4 is 34.2 Å². The van der Waals surface area contributed by atoms with E-state index in [4.69, 9.17) is 15.2 Å². The van der Waals surface area contributed by atoms with Crippen LogP contribution in [0, 0.1) is 0 Å². The van der Waals surface area contributed by atoms with Crippen LogP contribution in [0.25, 0.3) is 0 Å². The minimum atomic E-state index is -0.636. The molecule has 0 spiro atoms. The Kier molecular flexibility index (Phi) is 9.59. The molecule has 108 valence electrons. The molecule has 1 aromatic carbocycles. The summed E-state index contributed by atoms with van der Waals surface area (Å²) in [5.74, 6) is 0.518. The third-order valence-corrected chi connectivity index (χ3v) is 2.70. The Morgan fingerprint density at radius 1 is 1.42 bits per heavy atom. The predicted octanol–water partition coefficient (Wildman–Crippen LogP) is 1.34. The summed E-state index contributed by atoms with van der Waals surface area (Å²) in [6, 6.07) is 6.85. The number of halogens is 2. The third-order valence-electron chi connectivity index (χ3n) is 2.17. The molecule has 19 heavy (non-hydrogen) atoms. The Balaban J connectivity index is 0.00000324. The molecule has 0 fully saturated rings. The zero-order valence-corrected chi connectivity index (χ0v) is 13.0. The van der Waals surface area contributed by atoms with Crippen molar-refractivity contribution in [2.45, 2.75) is 6.04 Å². The number of benzene rings is 1. The van der Waals surface area contributed by atoms with Crippen LogP contribution in [-0.2, 0) is 9.53 Å². The predicted molar refractivity (Wildman–Crippen MR) is 79.7 cm³/mol. The summed E-state index contributed by atoms with van der Waals surface area (Å²) in [7, 11) is 1.50. The molecule has 0 saturated heterocycles. The molecular formula is C12H18BrClN2O3. The van der Waals surface area contributed by atoms with Gasteiger partial charge >= 0.3 is 0 Å². The van der Waals surface area contributed by atoms with Crippen molar-refractivity contribution in [3.8, 4) is 5.75 Å². The lowest BCUT2D eigenvalue weighted by Crippen LogP contribution is -2.44. The first-order chi connectivity index (χ1) is 8.63. The van der Waals surface area contributed by atoms with Gasteiger partial charge in [0.25, 0.3) is 0 Å². The van der Waals surface area contributed by atoms with Crippen LogP contribution in [0.4, 0.5) is 0 Å². The van der Waals surface area contributed by atoms with Crippen molar-refractivity contribution in [3.63, 3.8) is 0 Å².